The van der Waals surface area contributed by atoms with E-state index in [0.717, 1.165) is 28.0 Å². The van der Waals surface area contributed by atoms with Crippen LogP contribution in [0.5, 0.6) is 5.75 Å². The van der Waals surface area contributed by atoms with Crippen LogP contribution in [-0.2, 0) is 12.5 Å². The Morgan fingerprint density at radius 1 is 1.05 bits per heavy atom. The molecule has 0 amide bonds. The zero-order valence-electron chi connectivity index (χ0n) is 11.8. The van der Waals surface area contributed by atoms with Gasteiger partial charge in [-0.05, 0) is 35.4 Å². The lowest BCUT2D eigenvalue weighted by molar-refractivity contribution is 0.298. The molecule has 0 bridgehead atoms. The lowest BCUT2D eigenvalue weighted by atomic mass is 10.0. The number of ether oxygens (including phenoxy) is 1. The molecule has 21 heavy (non-hydrogen) atoms. The highest BCUT2D eigenvalue weighted by Crippen LogP contribution is 2.30. The Labute approximate surface area is 129 Å². The minimum Gasteiger partial charge on any atom is -0.487 e. The Morgan fingerprint density at radius 3 is 2.71 bits per heavy atom. The second-order valence-corrected chi connectivity index (χ2v) is 5.22. The summed E-state index contributed by atoms with van der Waals surface area (Å²) in [7, 11) is 0. The molecular weight excluding hydrogens is 282 g/mol. The van der Waals surface area contributed by atoms with Crippen molar-refractivity contribution in [2.75, 3.05) is 0 Å². The molecule has 0 fully saturated rings. The third-order valence-corrected chi connectivity index (χ3v) is 3.88. The molecule has 1 heterocycles. The highest BCUT2D eigenvalue weighted by molar-refractivity contribution is 6.18. The first-order valence-electron chi connectivity index (χ1n) is 6.89. The van der Waals surface area contributed by atoms with Gasteiger partial charge in [-0.1, -0.05) is 36.4 Å². The van der Waals surface area contributed by atoms with Gasteiger partial charge < -0.3 is 4.74 Å². The van der Waals surface area contributed by atoms with E-state index < -0.39 is 0 Å². The van der Waals surface area contributed by atoms with Crippen molar-refractivity contribution in [1.29, 1.82) is 0 Å². The summed E-state index contributed by atoms with van der Waals surface area (Å²) >= 11 is 6.13. The highest BCUT2D eigenvalue weighted by Gasteiger charge is 2.09. The zero-order chi connectivity index (χ0) is 14.7. The van der Waals surface area contributed by atoms with Gasteiger partial charge >= 0.3 is 0 Å². The van der Waals surface area contributed by atoms with Crippen LogP contribution >= 0.6 is 11.6 Å². The fraction of sp³-hybridized carbons (Fsp3) is 0.167. The average Bonchev–Trinajstić information content (AvgIpc) is 2.53. The fourth-order valence-corrected chi connectivity index (χ4v) is 2.68. The Kier molecular flexibility index (Phi) is 4.07. The van der Waals surface area contributed by atoms with E-state index in [9.17, 15) is 0 Å². The average molecular weight is 298 g/mol. The zero-order valence-corrected chi connectivity index (χ0v) is 12.6. The number of benzene rings is 2. The SMILES string of the molecule is Cc1cccnc1COc1ccc2ccccc2c1CCl. The molecule has 0 aliphatic rings. The first-order chi connectivity index (χ1) is 10.3. The molecule has 0 saturated heterocycles. The third-order valence-electron chi connectivity index (χ3n) is 3.61. The van der Waals surface area contributed by atoms with Gasteiger partial charge in [0, 0.05) is 11.8 Å². The van der Waals surface area contributed by atoms with Crippen molar-refractivity contribution in [2.24, 2.45) is 0 Å². The number of hydrogen-bond donors (Lipinski definition) is 0. The van der Waals surface area contributed by atoms with Crippen LogP contribution in [0.25, 0.3) is 10.8 Å². The summed E-state index contributed by atoms with van der Waals surface area (Å²) < 4.78 is 5.96. The molecule has 0 aliphatic carbocycles. The standard InChI is InChI=1S/C18H16ClNO/c1-13-5-4-10-20-17(13)12-21-18-9-8-14-6-2-3-7-15(14)16(18)11-19/h2-10H,11-12H2,1H3. The number of alkyl halides is 1. The van der Waals surface area contributed by atoms with Crippen molar-refractivity contribution >= 4 is 22.4 Å². The lowest BCUT2D eigenvalue weighted by Crippen LogP contribution is -2.02. The van der Waals surface area contributed by atoms with Gasteiger partial charge in [0.2, 0.25) is 0 Å². The minimum atomic E-state index is 0.428. The van der Waals surface area contributed by atoms with Crippen LogP contribution in [0.1, 0.15) is 16.8 Å². The first-order valence-corrected chi connectivity index (χ1v) is 7.43. The van der Waals surface area contributed by atoms with E-state index in [1.165, 1.54) is 5.39 Å². The van der Waals surface area contributed by atoms with E-state index in [2.05, 4.69) is 23.2 Å². The molecule has 1 aromatic heterocycles. The number of aromatic nitrogens is 1. The number of fused-ring (bicyclic) bond motifs is 1. The summed E-state index contributed by atoms with van der Waals surface area (Å²) in [5, 5.41) is 2.32. The maximum Gasteiger partial charge on any atom is 0.130 e. The Hall–Kier alpha value is -2.06. The topological polar surface area (TPSA) is 22.1 Å². The van der Waals surface area contributed by atoms with Crippen molar-refractivity contribution < 1.29 is 4.74 Å². The second kappa shape index (κ2) is 6.15. The molecule has 106 valence electrons. The number of rotatable bonds is 4. The van der Waals surface area contributed by atoms with E-state index in [0.29, 0.717) is 12.5 Å². The fourth-order valence-electron chi connectivity index (χ4n) is 2.40. The molecular formula is C18H16ClNO. The van der Waals surface area contributed by atoms with Gasteiger partial charge in [-0.3, -0.25) is 4.98 Å². The predicted octanol–water partition coefficient (Wildman–Crippen LogP) is 4.86. The van der Waals surface area contributed by atoms with Crippen LogP contribution in [0.4, 0.5) is 0 Å². The van der Waals surface area contributed by atoms with Gasteiger partial charge in [-0.2, -0.15) is 0 Å². The van der Waals surface area contributed by atoms with Crippen molar-refractivity contribution in [1.82, 2.24) is 4.98 Å². The second-order valence-electron chi connectivity index (χ2n) is 4.95. The van der Waals surface area contributed by atoms with Crippen LogP contribution in [-0.4, -0.2) is 4.98 Å². The normalized spacial score (nSPS) is 10.8. The molecule has 0 aliphatic heterocycles. The first kappa shape index (κ1) is 13.9. The number of aryl methyl sites for hydroxylation is 1. The van der Waals surface area contributed by atoms with Crippen molar-refractivity contribution in [3.63, 3.8) is 0 Å². The van der Waals surface area contributed by atoms with Crippen LogP contribution in [0, 0.1) is 6.92 Å². The molecule has 0 spiro atoms. The largest absolute Gasteiger partial charge is 0.487 e. The molecule has 2 nitrogen and oxygen atoms in total. The van der Waals surface area contributed by atoms with E-state index in [4.69, 9.17) is 16.3 Å². The lowest BCUT2D eigenvalue weighted by Gasteiger charge is -2.13. The van der Waals surface area contributed by atoms with E-state index in [1.807, 2.05) is 37.3 Å². The van der Waals surface area contributed by atoms with Crippen LogP contribution < -0.4 is 4.74 Å². The van der Waals surface area contributed by atoms with Crippen molar-refractivity contribution in [3.8, 4) is 5.75 Å². The molecule has 3 rings (SSSR count). The monoisotopic (exact) mass is 297 g/mol. The molecule has 3 heteroatoms. The summed E-state index contributed by atoms with van der Waals surface area (Å²) in [5.74, 6) is 1.26. The number of nitrogens with zero attached hydrogens (tertiary/aromatic N) is 1. The predicted molar refractivity (Wildman–Crippen MR) is 86.8 cm³/mol. The quantitative estimate of drug-likeness (QED) is 0.642. The summed E-state index contributed by atoms with van der Waals surface area (Å²) in [4.78, 5) is 4.35. The highest BCUT2D eigenvalue weighted by atomic mass is 35.5. The number of halogens is 1. The van der Waals surface area contributed by atoms with Crippen LogP contribution in [0.2, 0.25) is 0 Å². The molecule has 0 unspecified atom stereocenters. The van der Waals surface area contributed by atoms with Crippen LogP contribution in [0.15, 0.2) is 54.7 Å². The summed E-state index contributed by atoms with van der Waals surface area (Å²) in [6.07, 6.45) is 1.79. The molecule has 0 radical (unpaired) electrons. The Morgan fingerprint density at radius 2 is 1.90 bits per heavy atom. The van der Waals surface area contributed by atoms with Gasteiger partial charge in [0.25, 0.3) is 0 Å². The maximum atomic E-state index is 6.13. The van der Waals surface area contributed by atoms with Crippen molar-refractivity contribution in [3.05, 3.63) is 71.5 Å². The molecule has 0 saturated carbocycles. The van der Waals surface area contributed by atoms with Gasteiger partial charge in [0.05, 0.1) is 11.6 Å². The molecule has 0 atom stereocenters. The van der Waals surface area contributed by atoms with Gasteiger partial charge in [-0.25, -0.2) is 0 Å². The smallest absolute Gasteiger partial charge is 0.130 e. The van der Waals surface area contributed by atoms with Crippen molar-refractivity contribution in [2.45, 2.75) is 19.4 Å². The van der Waals surface area contributed by atoms with E-state index in [1.54, 1.807) is 6.20 Å². The van der Waals surface area contributed by atoms with Gasteiger partial charge in [0.1, 0.15) is 12.4 Å². The molecule has 2 aromatic carbocycles. The molecule has 3 aromatic rings. The van der Waals surface area contributed by atoms with E-state index >= 15 is 0 Å². The van der Waals surface area contributed by atoms with Crippen LogP contribution in [0.3, 0.4) is 0 Å². The summed E-state index contributed by atoms with van der Waals surface area (Å²) in [6, 6.07) is 16.2. The minimum absolute atomic E-state index is 0.428. The third kappa shape index (κ3) is 2.86. The Balaban J connectivity index is 1.92. The Bertz CT molecular complexity index is 770. The summed E-state index contributed by atoms with van der Waals surface area (Å²) in [5.41, 5.74) is 3.11. The molecule has 0 N–H and O–H groups in total. The maximum absolute atomic E-state index is 6.13. The van der Waals surface area contributed by atoms with Gasteiger partial charge in [0.15, 0.2) is 0 Å². The summed E-state index contributed by atoms with van der Waals surface area (Å²) in [6.45, 7) is 2.49. The van der Waals surface area contributed by atoms with E-state index in [-0.39, 0.29) is 0 Å². The number of pyridine rings is 1. The van der Waals surface area contributed by atoms with Gasteiger partial charge in [-0.15, -0.1) is 11.6 Å². The number of hydrogen-bond acceptors (Lipinski definition) is 2.